The first kappa shape index (κ1) is 46.4. The van der Waals surface area contributed by atoms with Crippen LogP contribution in [0.25, 0.3) is 27.1 Å². The Balaban J connectivity index is 1.28. The topological polar surface area (TPSA) is 115 Å². The van der Waals surface area contributed by atoms with Gasteiger partial charge in [0.25, 0.3) is 20.2 Å². The number of benzene rings is 5. The van der Waals surface area contributed by atoms with Crippen molar-refractivity contribution in [3.05, 3.63) is 154 Å². The number of nitrogens with zero attached hydrogens (tertiary/aromatic N) is 2. The van der Waals surface area contributed by atoms with Crippen LogP contribution in [0.3, 0.4) is 0 Å². The second-order valence-corrected chi connectivity index (χ2v) is 23.1. The van der Waals surface area contributed by atoms with E-state index in [1.807, 2.05) is 12.1 Å². The molecule has 65 heavy (non-hydrogen) atoms. The van der Waals surface area contributed by atoms with Crippen LogP contribution in [0.4, 0.5) is 11.4 Å². The summed E-state index contributed by atoms with van der Waals surface area (Å²) in [5.74, 6) is 0.559. The molecule has 1 atom stereocenters. The van der Waals surface area contributed by atoms with Gasteiger partial charge >= 0.3 is 0 Å². The second-order valence-electron chi connectivity index (χ2n) is 19.9. The molecule has 8 rings (SSSR count). The van der Waals surface area contributed by atoms with E-state index in [1.54, 1.807) is 6.07 Å². The maximum atomic E-state index is 12.2. The van der Waals surface area contributed by atoms with E-state index in [0.717, 1.165) is 54.6 Å². The predicted molar refractivity (Wildman–Crippen MR) is 268 cm³/mol. The zero-order valence-electron chi connectivity index (χ0n) is 39.2. The molecule has 2 aliphatic heterocycles. The lowest BCUT2D eigenvalue weighted by atomic mass is 9.78. The van der Waals surface area contributed by atoms with Crippen molar-refractivity contribution in [2.24, 2.45) is 5.92 Å². The van der Waals surface area contributed by atoms with Gasteiger partial charge < -0.3 is 4.90 Å². The van der Waals surface area contributed by atoms with E-state index in [1.165, 1.54) is 80.2 Å². The fraction of sp³-hybridized carbons (Fsp3) is 0.364. The number of fused-ring (bicyclic) bond motifs is 6. The summed E-state index contributed by atoms with van der Waals surface area (Å²) in [4.78, 5) is 1.98. The maximum Gasteiger partial charge on any atom is 0.294 e. The zero-order chi connectivity index (χ0) is 46.8. The standard InChI is InChI=1S/C55H62N2O6S2/c1-35(2)29-31-56-47-25-19-39-13-10-11-16-45(39)52(47)54(6,7)49(56)27-21-40-14-12-15-41(51(40)43-18-17-36(3)37(4)33-43)22-28-50-55(8,9)53-46-24-23-44(65(61,62)63)34-42(46)20-26-48(53)57(50)32-30-38(5)64(58,59)60/h10-11,13,16-28,33-35,38H,12,14-15,29-32H2,1-9H3,(H-,58,59,60,61,62,63)/p+1. The van der Waals surface area contributed by atoms with E-state index in [-0.39, 0.29) is 16.7 Å². The zero-order valence-corrected chi connectivity index (χ0v) is 40.9. The Kier molecular flexibility index (Phi) is 12.3. The molecular formula is C55H63N2O6S2+. The SMILES string of the molecule is Cc1ccc(C2=C(/C=C/C3=[N+](CCC(C)C)c4ccc5ccccc5c4C3(C)C)CCC/C2=C\C=C2\N(CCC(C)S(=O)(=O)O)c3ccc4cc(S(=O)(=O)O)ccc4c3C2(C)C)cc1C. The summed E-state index contributed by atoms with van der Waals surface area (Å²) in [6.07, 6.45) is 13.2. The third-order valence-electron chi connectivity index (χ3n) is 14.3. The van der Waals surface area contributed by atoms with Crippen molar-refractivity contribution in [3.8, 4) is 0 Å². The Bertz CT molecular complexity index is 3150. The number of hydrogen-bond acceptors (Lipinski definition) is 5. The fourth-order valence-electron chi connectivity index (χ4n) is 10.5. The molecule has 5 aromatic carbocycles. The highest BCUT2D eigenvalue weighted by Gasteiger charge is 2.46. The van der Waals surface area contributed by atoms with Crippen LogP contribution < -0.4 is 4.90 Å². The first-order valence-electron chi connectivity index (χ1n) is 23.0. The minimum Gasteiger partial charge on any atom is -0.344 e. The van der Waals surface area contributed by atoms with Crippen molar-refractivity contribution >= 4 is 64.4 Å². The molecule has 1 aliphatic carbocycles. The van der Waals surface area contributed by atoms with Gasteiger partial charge in [0, 0.05) is 47.5 Å². The van der Waals surface area contributed by atoms with Gasteiger partial charge in [-0.2, -0.15) is 21.4 Å². The van der Waals surface area contributed by atoms with Gasteiger partial charge in [0.1, 0.15) is 6.54 Å². The Labute approximate surface area is 386 Å². The summed E-state index contributed by atoms with van der Waals surface area (Å²) < 4.78 is 71.1. The number of allylic oxidation sites excluding steroid dienone is 8. The second kappa shape index (κ2) is 17.3. The highest BCUT2D eigenvalue weighted by molar-refractivity contribution is 7.86. The summed E-state index contributed by atoms with van der Waals surface area (Å²) in [7, 11) is -8.68. The van der Waals surface area contributed by atoms with E-state index in [9.17, 15) is 25.9 Å². The van der Waals surface area contributed by atoms with Gasteiger partial charge in [0.2, 0.25) is 5.69 Å². The molecule has 0 saturated heterocycles. The van der Waals surface area contributed by atoms with Crippen LogP contribution in [0.2, 0.25) is 0 Å². The molecule has 10 heteroatoms. The van der Waals surface area contributed by atoms with Gasteiger partial charge in [-0.15, -0.1) is 0 Å². The largest absolute Gasteiger partial charge is 0.344 e. The summed E-state index contributed by atoms with van der Waals surface area (Å²) in [6, 6.07) is 28.5. The number of rotatable bonds is 12. The number of hydrogen-bond donors (Lipinski definition) is 2. The van der Waals surface area contributed by atoms with Crippen molar-refractivity contribution in [2.45, 2.75) is 115 Å². The van der Waals surface area contributed by atoms with Crippen LogP contribution in [0.15, 0.2) is 131 Å². The smallest absolute Gasteiger partial charge is 0.294 e. The van der Waals surface area contributed by atoms with Crippen molar-refractivity contribution in [2.75, 3.05) is 18.0 Å². The van der Waals surface area contributed by atoms with E-state index in [0.29, 0.717) is 17.8 Å². The first-order chi connectivity index (χ1) is 30.6. The summed E-state index contributed by atoms with van der Waals surface area (Å²) in [6.45, 7) is 20.7. The maximum absolute atomic E-state index is 12.2. The number of aryl methyl sites for hydroxylation is 2. The van der Waals surface area contributed by atoms with Gasteiger partial charge in [0.15, 0.2) is 5.71 Å². The number of anilines is 1. The van der Waals surface area contributed by atoms with Gasteiger partial charge in [0.05, 0.1) is 15.6 Å². The molecule has 3 aliphatic rings. The molecular weight excluding hydrogens is 849 g/mol. The average molecular weight is 912 g/mol. The Morgan fingerprint density at radius 2 is 1.46 bits per heavy atom. The van der Waals surface area contributed by atoms with Crippen molar-refractivity contribution < 1.29 is 30.5 Å². The van der Waals surface area contributed by atoms with Crippen LogP contribution in [0, 0.1) is 19.8 Å². The third kappa shape index (κ3) is 8.71. The molecule has 0 amide bonds. The molecule has 2 N–H and O–H groups in total. The minimum atomic E-state index is -4.42. The van der Waals surface area contributed by atoms with E-state index in [2.05, 4.69) is 144 Å². The molecule has 8 nitrogen and oxygen atoms in total. The molecule has 0 saturated carbocycles. The van der Waals surface area contributed by atoms with Gasteiger partial charge in [-0.1, -0.05) is 94.4 Å². The summed E-state index contributed by atoms with van der Waals surface area (Å²) in [5.41, 5.74) is 13.3. The Hall–Kier alpha value is -5.13. The van der Waals surface area contributed by atoms with E-state index >= 15 is 0 Å². The normalized spacial score (nSPS) is 19.2. The molecule has 5 aromatic rings. The monoisotopic (exact) mass is 911 g/mol. The molecule has 0 radical (unpaired) electrons. The van der Waals surface area contributed by atoms with Crippen molar-refractivity contribution in [1.82, 2.24) is 0 Å². The molecule has 1 unspecified atom stereocenters. The van der Waals surface area contributed by atoms with Crippen LogP contribution in [0.5, 0.6) is 0 Å². The van der Waals surface area contributed by atoms with Crippen LogP contribution in [-0.2, 0) is 31.1 Å². The van der Waals surface area contributed by atoms with E-state index < -0.39 is 30.9 Å². The lowest BCUT2D eigenvalue weighted by Crippen LogP contribution is -2.30. The van der Waals surface area contributed by atoms with Gasteiger partial charge in [-0.25, -0.2) is 0 Å². The predicted octanol–water partition coefficient (Wildman–Crippen LogP) is 12.7. The van der Waals surface area contributed by atoms with Crippen LogP contribution in [0.1, 0.15) is 108 Å². The highest BCUT2D eigenvalue weighted by atomic mass is 32.2. The summed E-state index contributed by atoms with van der Waals surface area (Å²) >= 11 is 0. The van der Waals surface area contributed by atoms with Crippen molar-refractivity contribution in [3.63, 3.8) is 0 Å². The average Bonchev–Trinajstić information content (AvgIpc) is 3.61. The Morgan fingerprint density at radius 1 is 0.738 bits per heavy atom. The van der Waals surface area contributed by atoms with Gasteiger partial charge in [-0.05, 0) is 157 Å². The molecule has 2 heterocycles. The molecule has 0 bridgehead atoms. The molecule has 0 fully saturated rings. The van der Waals surface area contributed by atoms with Gasteiger partial charge in [-0.3, -0.25) is 9.11 Å². The quantitative estimate of drug-likeness (QED) is 0.0946. The van der Waals surface area contributed by atoms with Crippen molar-refractivity contribution in [1.29, 1.82) is 0 Å². The van der Waals surface area contributed by atoms with Crippen LogP contribution >= 0.6 is 0 Å². The third-order valence-corrected chi connectivity index (χ3v) is 16.4. The lowest BCUT2D eigenvalue weighted by Gasteiger charge is -2.28. The first-order valence-corrected chi connectivity index (χ1v) is 25.9. The fourth-order valence-corrected chi connectivity index (χ4v) is 11.4. The lowest BCUT2D eigenvalue weighted by molar-refractivity contribution is -0.439. The molecule has 0 spiro atoms. The molecule has 0 aromatic heterocycles. The van der Waals surface area contributed by atoms with E-state index in [4.69, 9.17) is 0 Å². The molecule has 340 valence electrons. The highest BCUT2D eigenvalue weighted by Crippen LogP contribution is 2.52. The summed E-state index contributed by atoms with van der Waals surface area (Å²) in [5, 5.41) is 3.09. The van der Waals surface area contributed by atoms with Crippen LogP contribution in [-0.4, -0.2) is 54.6 Å². The Morgan fingerprint density at radius 3 is 2.17 bits per heavy atom. The minimum absolute atomic E-state index is 0.177.